The summed E-state index contributed by atoms with van der Waals surface area (Å²) in [6.07, 6.45) is -0.539. The van der Waals surface area contributed by atoms with E-state index in [4.69, 9.17) is 4.74 Å². The molecule has 1 atom stereocenters. The Bertz CT molecular complexity index is 666. The summed E-state index contributed by atoms with van der Waals surface area (Å²) >= 11 is 0. The minimum atomic E-state index is -0.539. The first-order chi connectivity index (χ1) is 11.9. The lowest BCUT2D eigenvalue weighted by Crippen LogP contribution is -2.35. The lowest BCUT2D eigenvalue weighted by molar-refractivity contribution is -0.114. The van der Waals surface area contributed by atoms with Crippen LogP contribution in [0.15, 0.2) is 48.5 Å². The Morgan fingerprint density at radius 2 is 1.60 bits per heavy atom. The highest BCUT2D eigenvalue weighted by Crippen LogP contribution is 2.24. The number of carbonyl (C=O) groups excluding carboxylic acids is 1. The SMILES string of the molecule is CC(=O)Nc1ccc(-c2ccc(OCC(O)CNC(C)C)cc2)cc1. The molecule has 25 heavy (non-hydrogen) atoms. The Morgan fingerprint density at radius 3 is 2.12 bits per heavy atom. The van der Waals surface area contributed by atoms with E-state index >= 15 is 0 Å². The molecule has 0 aromatic heterocycles. The molecule has 0 spiro atoms. The molecule has 0 heterocycles. The van der Waals surface area contributed by atoms with Gasteiger partial charge < -0.3 is 20.5 Å². The molecular weight excluding hydrogens is 316 g/mol. The van der Waals surface area contributed by atoms with Crippen LogP contribution in [0.3, 0.4) is 0 Å². The maximum Gasteiger partial charge on any atom is 0.221 e. The van der Waals surface area contributed by atoms with Crippen LogP contribution in [0.2, 0.25) is 0 Å². The van der Waals surface area contributed by atoms with Crippen LogP contribution in [0.25, 0.3) is 11.1 Å². The molecule has 2 rings (SSSR count). The maximum atomic E-state index is 11.0. The summed E-state index contributed by atoms with van der Waals surface area (Å²) in [7, 11) is 0. The Balaban J connectivity index is 1.90. The number of hydrogen-bond acceptors (Lipinski definition) is 4. The summed E-state index contributed by atoms with van der Waals surface area (Å²) < 4.78 is 5.62. The van der Waals surface area contributed by atoms with Gasteiger partial charge in [0.2, 0.25) is 5.91 Å². The summed E-state index contributed by atoms with van der Waals surface area (Å²) in [5, 5.41) is 15.8. The molecule has 0 fully saturated rings. The number of benzene rings is 2. The van der Waals surface area contributed by atoms with Crippen molar-refractivity contribution < 1.29 is 14.6 Å². The fourth-order valence-corrected chi connectivity index (χ4v) is 2.32. The fraction of sp³-hybridized carbons (Fsp3) is 0.350. The first kappa shape index (κ1) is 19.0. The highest BCUT2D eigenvalue weighted by atomic mass is 16.5. The second-order valence-electron chi connectivity index (χ2n) is 6.31. The van der Waals surface area contributed by atoms with Crippen molar-refractivity contribution in [3.63, 3.8) is 0 Å². The van der Waals surface area contributed by atoms with Crippen molar-refractivity contribution in [3.8, 4) is 16.9 Å². The van der Waals surface area contributed by atoms with Crippen molar-refractivity contribution in [2.24, 2.45) is 0 Å². The van der Waals surface area contributed by atoms with Crippen LogP contribution in [0.4, 0.5) is 5.69 Å². The van der Waals surface area contributed by atoms with Gasteiger partial charge >= 0.3 is 0 Å². The van der Waals surface area contributed by atoms with Crippen molar-refractivity contribution >= 4 is 11.6 Å². The van der Waals surface area contributed by atoms with Gasteiger partial charge in [0.25, 0.3) is 0 Å². The molecule has 0 bridgehead atoms. The zero-order valence-electron chi connectivity index (χ0n) is 15.0. The molecule has 0 saturated heterocycles. The number of aliphatic hydroxyl groups is 1. The van der Waals surface area contributed by atoms with Gasteiger partial charge in [0, 0.05) is 25.2 Å². The highest BCUT2D eigenvalue weighted by molar-refractivity contribution is 5.89. The van der Waals surface area contributed by atoms with E-state index in [2.05, 4.69) is 10.6 Å². The van der Waals surface area contributed by atoms with Crippen LogP contribution in [0.5, 0.6) is 5.75 Å². The lowest BCUT2D eigenvalue weighted by atomic mass is 10.1. The summed E-state index contributed by atoms with van der Waals surface area (Å²) in [5.41, 5.74) is 2.89. The van der Waals surface area contributed by atoms with Crippen LogP contribution < -0.4 is 15.4 Å². The van der Waals surface area contributed by atoms with Gasteiger partial charge in [-0.05, 0) is 35.4 Å². The Morgan fingerprint density at radius 1 is 1.04 bits per heavy atom. The molecule has 2 aromatic rings. The normalized spacial score (nSPS) is 12.0. The minimum absolute atomic E-state index is 0.0833. The van der Waals surface area contributed by atoms with Crippen molar-refractivity contribution in [2.45, 2.75) is 32.9 Å². The van der Waals surface area contributed by atoms with Crippen LogP contribution in [-0.4, -0.2) is 36.3 Å². The van der Waals surface area contributed by atoms with E-state index in [1.165, 1.54) is 6.92 Å². The number of hydrogen-bond donors (Lipinski definition) is 3. The zero-order valence-corrected chi connectivity index (χ0v) is 15.0. The standard InChI is InChI=1S/C20H26N2O3/c1-14(2)21-12-19(24)13-25-20-10-6-17(7-11-20)16-4-8-18(9-5-16)22-15(3)23/h4-11,14,19,21,24H,12-13H2,1-3H3,(H,22,23). The highest BCUT2D eigenvalue weighted by Gasteiger charge is 2.06. The van der Waals surface area contributed by atoms with Crippen LogP contribution in [-0.2, 0) is 4.79 Å². The molecule has 3 N–H and O–H groups in total. The first-order valence-electron chi connectivity index (χ1n) is 8.46. The predicted octanol–water partition coefficient (Wildman–Crippen LogP) is 3.05. The third kappa shape index (κ3) is 6.57. The molecular formula is C20H26N2O3. The number of rotatable bonds is 8. The van der Waals surface area contributed by atoms with Crippen LogP contribution >= 0.6 is 0 Å². The summed E-state index contributed by atoms with van der Waals surface area (Å²) in [6, 6.07) is 15.7. The topological polar surface area (TPSA) is 70.6 Å². The van der Waals surface area contributed by atoms with Crippen LogP contribution in [0, 0.1) is 0 Å². The average molecular weight is 342 g/mol. The summed E-state index contributed by atoms with van der Waals surface area (Å²) in [5.74, 6) is 0.641. The van der Waals surface area contributed by atoms with E-state index < -0.39 is 6.10 Å². The fourth-order valence-electron chi connectivity index (χ4n) is 2.32. The van der Waals surface area contributed by atoms with E-state index in [0.29, 0.717) is 12.6 Å². The zero-order chi connectivity index (χ0) is 18.2. The second-order valence-corrected chi connectivity index (χ2v) is 6.31. The molecule has 0 aliphatic rings. The first-order valence-corrected chi connectivity index (χ1v) is 8.46. The Hall–Kier alpha value is -2.37. The Labute approximate surface area is 149 Å². The van der Waals surface area contributed by atoms with Crippen molar-refractivity contribution in [1.29, 1.82) is 0 Å². The van der Waals surface area contributed by atoms with Crippen molar-refractivity contribution in [3.05, 3.63) is 48.5 Å². The Kier molecular flexibility index (Phi) is 6.98. The summed E-state index contributed by atoms with van der Waals surface area (Å²) in [6.45, 7) is 6.33. The number of amides is 1. The number of carbonyl (C=O) groups is 1. The predicted molar refractivity (Wildman–Crippen MR) is 101 cm³/mol. The molecule has 5 heteroatoms. The number of anilines is 1. The van der Waals surface area contributed by atoms with Gasteiger partial charge in [-0.3, -0.25) is 4.79 Å². The smallest absolute Gasteiger partial charge is 0.221 e. The molecule has 1 amide bonds. The van der Waals surface area contributed by atoms with Gasteiger partial charge in [0.15, 0.2) is 0 Å². The van der Waals surface area contributed by atoms with E-state index in [9.17, 15) is 9.90 Å². The quantitative estimate of drug-likeness (QED) is 0.689. The third-order valence-electron chi connectivity index (χ3n) is 3.60. The van der Waals surface area contributed by atoms with Gasteiger partial charge in [-0.1, -0.05) is 38.1 Å². The van der Waals surface area contributed by atoms with E-state index in [1.807, 2.05) is 62.4 Å². The molecule has 0 aliphatic carbocycles. The second kappa shape index (κ2) is 9.20. The summed E-state index contributed by atoms with van der Waals surface area (Å²) in [4.78, 5) is 11.0. The average Bonchev–Trinajstić information content (AvgIpc) is 2.59. The molecule has 0 saturated carbocycles. The van der Waals surface area contributed by atoms with Crippen molar-refractivity contribution in [1.82, 2.24) is 5.32 Å². The van der Waals surface area contributed by atoms with Gasteiger partial charge in [-0.2, -0.15) is 0 Å². The largest absolute Gasteiger partial charge is 0.491 e. The maximum absolute atomic E-state index is 11.0. The van der Waals surface area contributed by atoms with E-state index in [-0.39, 0.29) is 12.5 Å². The molecule has 0 radical (unpaired) electrons. The number of aliphatic hydroxyl groups excluding tert-OH is 1. The minimum Gasteiger partial charge on any atom is -0.491 e. The van der Waals surface area contributed by atoms with Crippen LogP contribution in [0.1, 0.15) is 20.8 Å². The monoisotopic (exact) mass is 342 g/mol. The van der Waals surface area contributed by atoms with Gasteiger partial charge in [0.05, 0.1) is 0 Å². The molecule has 2 aromatic carbocycles. The van der Waals surface area contributed by atoms with E-state index in [0.717, 1.165) is 22.6 Å². The van der Waals surface area contributed by atoms with Gasteiger partial charge in [-0.25, -0.2) is 0 Å². The molecule has 134 valence electrons. The van der Waals surface area contributed by atoms with Gasteiger partial charge in [-0.15, -0.1) is 0 Å². The lowest BCUT2D eigenvalue weighted by Gasteiger charge is -2.15. The van der Waals surface area contributed by atoms with Gasteiger partial charge in [0.1, 0.15) is 18.5 Å². The number of nitrogens with one attached hydrogen (secondary N) is 2. The molecule has 1 unspecified atom stereocenters. The molecule has 0 aliphatic heterocycles. The third-order valence-corrected chi connectivity index (χ3v) is 3.60. The molecule has 5 nitrogen and oxygen atoms in total. The number of ether oxygens (including phenoxy) is 1. The van der Waals surface area contributed by atoms with E-state index in [1.54, 1.807) is 0 Å². The van der Waals surface area contributed by atoms with Crippen molar-refractivity contribution in [2.75, 3.05) is 18.5 Å².